The molecule has 2 rings (SSSR count). The van der Waals surface area contributed by atoms with Crippen molar-refractivity contribution in [1.82, 2.24) is 0 Å². The fraction of sp³-hybridized carbons (Fsp3) is 0.294. The van der Waals surface area contributed by atoms with Crippen molar-refractivity contribution in [3.05, 3.63) is 53.1 Å². The van der Waals surface area contributed by atoms with Crippen LogP contribution in [0.3, 0.4) is 0 Å². The number of rotatable bonds is 5. The Morgan fingerprint density at radius 2 is 1.86 bits per heavy atom. The summed E-state index contributed by atoms with van der Waals surface area (Å²) in [6.45, 7) is 2.09. The maximum Gasteiger partial charge on any atom is 0.120 e. The molecule has 0 bridgehead atoms. The molecule has 0 aliphatic rings. The van der Waals surface area contributed by atoms with Crippen LogP contribution in [0.4, 0.5) is 11.4 Å². The molecule has 3 nitrogen and oxygen atoms in total. The molecule has 2 N–H and O–H groups in total. The lowest BCUT2D eigenvalue weighted by atomic mass is 10.0. The number of benzene rings is 2. The first-order chi connectivity index (χ1) is 10.0. The lowest BCUT2D eigenvalue weighted by molar-refractivity contribution is 0.463. The number of nitrogens with zero attached hydrogens (tertiary/aromatic N) is 1. The van der Waals surface area contributed by atoms with Crippen LogP contribution >= 0.6 is 11.6 Å². The number of para-hydroxylation sites is 2. The largest absolute Gasteiger partial charge is 0.508 e. The van der Waals surface area contributed by atoms with Gasteiger partial charge < -0.3 is 15.3 Å². The number of hydrogen-bond donors (Lipinski definition) is 2. The Morgan fingerprint density at radius 3 is 2.48 bits per heavy atom. The predicted molar refractivity (Wildman–Crippen MR) is 90.5 cm³/mol. The van der Waals surface area contributed by atoms with Gasteiger partial charge in [0.25, 0.3) is 0 Å². The van der Waals surface area contributed by atoms with E-state index in [0.717, 1.165) is 23.4 Å². The Morgan fingerprint density at radius 1 is 1.14 bits per heavy atom. The van der Waals surface area contributed by atoms with Crippen molar-refractivity contribution >= 4 is 23.0 Å². The molecular formula is C17H21ClN2O. The molecule has 0 spiro atoms. The van der Waals surface area contributed by atoms with Gasteiger partial charge in [0.2, 0.25) is 0 Å². The third-order valence-corrected chi connectivity index (χ3v) is 3.79. The van der Waals surface area contributed by atoms with Gasteiger partial charge in [-0.3, -0.25) is 0 Å². The SMILES string of the molecule is CCC(Nc1cccc(Cl)c1N(C)C)c1ccccc1O. The van der Waals surface area contributed by atoms with Gasteiger partial charge in [0, 0.05) is 19.7 Å². The minimum absolute atomic E-state index is 0.0309. The monoisotopic (exact) mass is 304 g/mol. The van der Waals surface area contributed by atoms with Gasteiger partial charge in [-0.1, -0.05) is 42.8 Å². The van der Waals surface area contributed by atoms with Gasteiger partial charge >= 0.3 is 0 Å². The van der Waals surface area contributed by atoms with Crippen molar-refractivity contribution in [2.45, 2.75) is 19.4 Å². The smallest absolute Gasteiger partial charge is 0.120 e. The Kier molecular flexibility index (Phi) is 4.97. The minimum atomic E-state index is 0.0309. The molecule has 0 fully saturated rings. The van der Waals surface area contributed by atoms with Crippen LogP contribution in [0.1, 0.15) is 24.9 Å². The molecule has 0 heterocycles. The van der Waals surface area contributed by atoms with Crippen LogP contribution in [-0.4, -0.2) is 19.2 Å². The Balaban J connectivity index is 2.36. The average molecular weight is 305 g/mol. The second kappa shape index (κ2) is 6.72. The van der Waals surface area contributed by atoms with Crippen LogP contribution in [0.5, 0.6) is 5.75 Å². The Bertz CT molecular complexity index is 613. The molecule has 0 saturated heterocycles. The van der Waals surface area contributed by atoms with Crippen LogP contribution in [0.2, 0.25) is 5.02 Å². The van der Waals surface area contributed by atoms with E-state index < -0.39 is 0 Å². The second-order valence-electron chi connectivity index (χ2n) is 5.19. The van der Waals surface area contributed by atoms with Gasteiger partial charge in [-0.05, 0) is 24.6 Å². The molecule has 4 heteroatoms. The maximum atomic E-state index is 10.0. The highest BCUT2D eigenvalue weighted by molar-refractivity contribution is 6.34. The van der Waals surface area contributed by atoms with Gasteiger partial charge in [0.1, 0.15) is 5.75 Å². The fourth-order valence-corrected chi connectivity index (χ4v) is 2.80. The number of hydrogen-bond acceptors (Lipinski definition) is 3. The molecular weight excluding hydrogens is 284 g/mol. The van der Waals surface area contributed by atoms with Crippen LogP contribution in [0, 0.1) is 0 Å². The molecule has 112 valence electrons. The molecule has 2 aromatic rings. The number of anilines is 2. The summed E-state index contributed by atoms with van der Waals surface area (Å²) >= 11 is 6.30. The van der Waals surface area contributed by atoms with Crippen molar-refractivity contribution in [2.24, 2.45) is 0 Å². The number of aromatic hydroxyl groups is 1. The third kappa shape index (κ3) is 3.42. The van der Waals surface area contributed by atoms with Crippen LogP contribution < -0.4 is 10.2 Å². The first kappa shape index (κ1) is 15.5. The van der Waals surface area contributed by atoms with Gasteiger partial charge in [-0.2, -0.15) is 0 Å². The normalized spacial score (nSPS) is 12.0. The van der Waals surface area contributed by atoms with Crippen LogP contribution in [0.15, 0.2) is 42.5 Å². The van der Waals surface area contributed by atoms with Gasteiger partial charge in [-0.15, -0.1) is 0 Å². The van der Waals surface area contributed by atoms with E-state index in [2.05, 4.69) is 12.2 Å². The highest BCUT2D eigenvalue weighted by atomic mass is 35.5. The van der Waals surface area contributed by atoms with E-state index in [9.17, 15) is 5.11 Å². The molecule has 0 saturated carbocycles. The summed E-state index contributed by atoms with van der Waals surface area (Å²) in [5.41, 5.74) is 2.81. The molecule has 0 aliphatic heterocycles. The van der Waals surface area contributed by atoms with Gasteiger partial charge in [-0.25, -0.2) is 0 Å². The first-order valence-electron chi connectivity index (χ1n) is 7.04. The summed E-state index contributed by atoms with van der Waals surface area (Å²) in [5, 5.41) is 14.2. The third-order valence-electron chi connectivity index (χ3n) is 3.48. The minimum Gasteiger partial charge on any atom is -0.508 e. The summed E-state index contributed by atoms with van der Waals surface area (Å²) in [7, 11) is 3.93. The van der Waals surface area contributed by atoms with E-state index in [0.29, 0.717) is 10.8 Å². The average Bonchev–Trinajstić information content (AvgIpc) is 2.45. The quantitative estimate of drug-likeness (QED) is 0.842. The molecule has 0 amide bonds. The number of phenolic OH excluding ortho intramolecular Hbond substituents is 1. The van der Waals surface area contributed by atoms with Crippen molar-refractivity contribution in [3.8, 4) is 5.75 Å². The Labute approximate surface area is 131 Å². The fourth-order valence-electron chi connectivity index (χ4n) is 2.46. The van der Waals surface area contributed by atoms with Gasteiger partial charge in [0.15, 0.2) is 0 Å². The molecule has 0 aliphatic carbocycles. The van der Waals surface area contributed by atoms with Crippen molar-refractivity contribution < 1.29 is 5.11 Å². The molecule has 0 radical (unpaired) electrons. The van der Waals surface area contributed by atoms with Crippen molar-refractivity contribution in [1.29, 1.82) is 0 Å². The first-order valence-corrected chi connectivity index (χ1v) is 7.42. The van der Waals surface area contributed by atoms with E-state index in [4.69, 9.17) is 11.6 Å². The van der Waals surface area contributed by atoms with E-state index in [1.807, 2.05) is 55.4 Å². The van der Waals surface area contributed by atoms with Crippen molar-refractivity contribution in [2.75, 3.05) is 24.3 Å². The van der Waals surface area contributed by atoms with E-state index >= 15 is 0 Å². The zero-order valence-corrected chi connectivity index (χ0v) is 13.4. The van der Waals surface area contributed by atoms with E-state index in [1.165, 1.54) is 0 Å². The number of phenols is 1. The highest BCUT2D eigenvalue weighted by Gasteiger charge is 2.16. The summed E-state index contributed by atoms with van der Waals surface area (Å²) in [4.78, 5) is 1.99. The van der Waals surface area contributed by atoms with Crippen LogP contribution in [0.25, 0.3) is 0 Å². The Hall–Kier alpha value is -1.87. The molecule has 2 aromatic carbocycles. The maximum absolute atomic E-state index is 10.0. The summed E-state index contributed by atoms with van der Waals surface area (Å²) in [5.74, 6) is 0.310. The van der Waals surface area contributed by atoms with Crippen molar-refractivity contribution in [3.63, 3.8) is 0 Å². The highest BCUT2D eigenvalue weighted by Crippen LogP contribution is 2.36. The lowest BCUT2D eigenvalue weighted by Gasteiger charge is -2.25. The van der Waals surface area contributed by atoms with Gasteiger partial charge in [0.05, 0.1) is 22.4 Å². The molecule has 1 atom stereocenters. The zero-order chi connectivity index (χ0) is 15.4. The summed E-state index contributed by atoms with van der Waals surface area (Å²) in [6.07, 6.45) is 0.858. The lowest BCUT2D eigenvalue weighted by Crippen LogP contribution is -2.15. The molecule has 21 heavy (non-hydrogen) atoms. The second-order valence-corrected chi connectivity index (χ2v) is 5.60. The topological polar surface area (TPSA) is 35.5 Å². The molecule has 0 aromatic heterocycles. The van der Waals surface area contributed by atoms with Crippen LogP contribution in [-0.2, 0) is 0 Å². The predicted octanol–water partition coefficient (Wildman–Crippen LogP) is 4.67. The van der Waals surface area contributed by atoms with E-state index in [-0.39, 0.29) is 6.04 Å². The number of halogens is 1. The zero-order valence-electron chi connectivity index (χ0n) is 12.6. The summed E-state index contributed by atoms with van der Waals surface area (Å²) in [6, 6.07) is 13.3. The summed E-state index contributed by atoms with van der Waals surface area (Å²) < 4.78 is 0. The standard InChI is InChI=1S/C17H21ClN2O/c1-4-14(12-8-5-6-11-16(12)21)19-15-10-7-9-13(18)17(15)20(2)3/h5-11,14,19,21H,4H2,1-3H3. The van der Waals surface area contributed by atoms with E-state index in [1.54, 1.807) is 6.07 Å². The molecule has 1 unspecified atom stereocenters. The number of nitrogens with one attached hydrogen (secondary N) is 1.